The topological polar surface area (TPSA) is 77.3 Å². The van der Waals surface area contributed by atoms with Gasteiger partial charge in [0.25, 0.3) is 5.69 Å². The molecule has 0 bridgehead atoms. The van der Waals surface area contributed by atoms with Crippen molar-refractivity contribution < 1.29 is 22.1 Å². The summed E-state index contributed by atoms with van der Waals surface area (Å²) in [5, 5.41) is 9.59. The molecule has 19 heavy (non-hydrogen) atoms. The molecule has 1 aromatic rings. The molecule has 0 spiro atoms. The van der Waals surface area contributed by atoms with Crippen molar-refractivity contribution in [3.05, 3.63) is 33.9 Å². The predicted octanol–water partition coefficient (Wildman–Crippen LogP) is 2.66. The second-order valence-corrected chi connectivity index (χ2v) is 6.48. The van der Waals surface area contributed by atoms with Gasteiger partial charge < -0.3 is 0 Å². The van der Waals surface area contributed by atoms with Gasteiger partial charge in [0.2, 0.25) is 0 Å². The normalized spacial score (nSPS) is 13.3. The molecule has 0 aliphatic heterocycles. The van der Waals surface area contributed by atoms with Crippen LogP contribution in [0.4, 0.5) is 14.5 Å². The number of halogens is 3. The molecule has 0 radical (unpaired) electrons. The van der Waals surface area contributed by atoms with Gasteiger partial charge in [-0.25, -0.2) is 17.2 Å². The summed E-state index contributed by atoms with van der Waals surface area (Å²) in [6.45, 7) is 1.23. The summed E-state index contributed by atoms with van der Waals surface area (Å²) in [6.07, 6.45) is -0.0308. The van der Waals surface area contributed by atoms with E-state index in [1.165, 1.54) is 6.92 Å². The molecule has 0 aliphatic rings. The van der Waals surface area contributed by atoms with Crippen molar-refractivity contribution in [2.75, 3.05) is 5.88 Å². The Morgan fingerprint density at radius 3 is 2.47 bits per heavy atom. The molecule has 9 heteroatoms. The average Bonchev–Trinajstić information content (AvgIpc) is 2.31. The molecule has 0 saturated carbocycles. The average molecular weight is 314 g/mol. The van der Waals surface area contributed by atoms with Crippen LogP contribution in [0.15, 0.2) is 17.0 Å². The van der Waals surface area contributed by atoms with E-state index in [1.807, 2.05) is 0 Å². The van der Waals surface area contributed by atoms with Gasteiger partial charge in [-0.05, 0) is 19.4 Å². The zero-order chi connectivity index (χ0) is 14.8. The van der Waals surface area contributed by atoms with Crippen LogP contribution in [-0.4, -0.2) is 24.5 Å². The van der Waals surface area contributed by atoms with E-state index in [4.69, 9.17) is 11.6 Å². The first-order chi connectivity index (χ1) is 8.73. The maximum atomic E-state index is 13.6. The fourth-order valence-electron chi connectivity index (χ4n) is 1.45. The summed E-state index contributed by atoms with van der Waals surface area (Å²) in [7, 11) is -4.37. The molecule has 0 amide bonds. The van der Waals surface area contributed by atoms with Crippen molar-refractivity contribution in [1.29, 1.82) is 0 Å². The molecule has 0 aliphatic carbocycles. The Labute approximate surface area is 113 Å². The molecule has 1 rings (SSSR count). The van der Waals surface area contributed by atoms with Gasteiger partial charge in [-0.1, -0.05) is 0 Å². The molecule has 0 saturated heterocycles. The van der Waals surface area contributed by atoms with Gasteiger partial charge in [-0.3, -0.25) is 10.1 Å². The van der Waals surface area contributed by atoms with Crippen molar-refractivity contribution in [2.45, 2.75) is 23.5 Å². The lowest BCUT2D eigenvalue weighted by Gasteiger charge is -2.12. The quantitative estimate of drug-likeness (QED) is 0.475. The predicted molar refractivity (Wildman–Crippen MR) is 65.0 cm³/mol. The van der Waals surface area contributed by atoms with E-state index in [2.05, 4.69) is 0 Å². The van der Waals surface area contributed by atoms with Crippen LogP contribution >= 0.6 is 11.6 Å². The molecular weight excluding hydrogens is 304 g/mol. The van der Waals surface area contributed by atoms with Crippen molar-refractivity contribution in [3.8, 4) is 0 Å². The van der Waals surface area contributed by atoms with Gasteiger partial charge >= 0.3 is 0 Å². The van der Waals surface area contributed by atoms with Crippen LogP contribution in [-0.2, 0) is 9.84 Å². The maximum absolute atomic E-state index is 13.6. The summed E-state index contributed by atoms with van der Waals surface area (Å²) in [6, 6.07) is 1.14. The Morgan fingerprint density at radius 2 is 2.00 bits per heavy atom. The Morgan fingerprint density at radius 1 is 1.42 bits per heavy atom. The number of alkyl halides is 1. The summed E-state index contributed by atoms with van der Waals surface area (Å²) >= 11 is 5.40. The first kappa shape index (κ1) is 15.8. The lowest BCUT2D eigenvalue weighted by Crippen LogP contribution is -2.21. The number of benzene rings is 1. The largest absolute Gasteiger partial charge is 0.291 e. The highest BCUT2D eigenvalue weighted by Gasteiger charge is 2.35. The Kier molecular flexibility index (Phi) is 4.81. The van der Waals surface area contributed by atoms with Crippen LogP contribution in [0.3, 0.4) is 0 Å². The van der Waals surface area contributed by atoms with Gasteiger partial charge in [-0.2, -0.15) is 0 Å². The lowest BCUT2D eigenvalue weighted by molar-refractivity contribution is -0.388. The smallest absolute Gasteiger partial charge is 0.258 e. The third-order valence-electron chi connectivity index (χ3n) is 2.56. The molecule has 1 aromatic carbocycles. The molecule has 0 aromatic heterocycles. The fraction of sp³-hybridized carbons (Fsp3) is 0.400. The Bertz CT molecular complexity index is 606. The van der Waals surface area contributed by atoms with E-state index < -0.39 is 42.2 Å². The highest BCUT2D eigenvalue weighted by molar-refractivity contribution is 7.92. The summed E-state index contributed by atoms with van der Waals surface area (Å²) < 4.78 is 50.8. The minimum absolute atomic E-state index is 0.0227. The number of sulfone groups is 1. The van der Waals surface area contributed by atoms with Crippen molar-refractivity contribution in [1.82, 2.24) is 0 Å². The van der Waals surface area contributed by atoms with Crippen molar-refractivity contribution in [2.24, 2.45) is 0 Å². The molecule has 0 heterocycles. The van der Waals surface area contributed by atoms with E-state index in [0.29, 0.717) is 12.1 Å². The number of nitro benzene ring substituents is 1. The zero-order valence-corrected chi connectivity index (χ0v) is 11.3. The minimum Gasteiger partial charge on any atom is -0.258 e. The number of hydrogen-bond acceptors (Lipinski definition) is 4. The third kappa shape index (κ3) is 3.01. The van der Waals surface area contributed by atoms with E-state index in [1.54, 1.807) is 0 Å². The third-order valence-corrected chi connectivity index (χ3v) is 5.03. The highest BCUT2D eigenvalue weighted by Crippen LogP contribution is 2.31. The Balaban J connectivity index is 3.57. The lowest BCUT2D eigenvalue weighted by atomic mass is 10.3. The second-order valence-electron chi connectivity index (χ2n) is 3.80. The van der Waals surface area contributed by atoms with Crippen molar-refractivity contribution in [3.63, 3.8) is 0 Å². The van der Waals surface area contributed by atoms with Gasteiger partial charge in [0.1, 0.15) is 0 Å². The minimum atomic E-state index is -4.37. The second kappa shape index (κ2) is 5.79. The van der Waals surface area contributed by atoms with Crippen LogP contribution in [0.25, 0.3) is 0 Å². The maximum Gasteiger partial charge on any atom is 0.291 e. The number of rotatable bonds is 5. The molecule has 0 N–H and O–H groups in total. The van der Waals surface area contributed by atoms with E-state index in [-0.39, 0.29) is 12.3 Å². The molecule has 106 valence electrons. The summed E-state index contributed by atoms with van der Waals surface area (Å²) in [4.78, 5) is 8.44. The van der Waals surface area contributed by atoms with Crippen LogP contribution in [0, 0.1) is 21.7 Å². The summed E-state index contributed by atoms with van der Waals surface area (Å²) in [5.41, 5.74) is -0.986. The summed E-state index contributed by atoms with van der Waals surface area (Å²) in [5.74, 6) is -3.22. The van der Waals surface area contributed by atoms with Crippen LogP contribution in [0.2, 0.25) is 0 Å². The number of hydrogen-bond donors (Lipinski definition) is 0. The highest BCUT2D eigenvalue weighted by atomic mass is 35.5. The van der Waals surface area contributed by atoms with Crippen LogP contribution < -0.4 is 0 Å². The van der Waals surface area contributed by atoms with E-state index in [0.717, 1.165) is 0 Å². The molecule has 1 atom stereocenters. The van der Waals surface area contributed by atoms with Gasteiger partial charge in [0, 0.05) is 11.9 Å². The molecule has 0 fully saturated rings. The number of nitro groups is 1. The van der Waals surface area contributed by atoms with Gasteiger partial charge in [0.05, 0.1) is 10.2 Å². The van der Waals surface area contributed by atoms with Gasteiger partial charge in [0.15, 0.2) is 26.4 Å². The van der Waals surface area contributed by atoms with E-state index >= 15 is 0 Å². The van der Waals surface area contributed by atoms with Crippen molar-refractivity contribution >= 4 is 27.1 Å². The van der Waals surface area contributed by atoms with Gasteiger partial charge in [-0.15, -0.1) is 11.6 Å². The number of nitrogens with zero attached hydrogens (tertiary/aromatic N) is 1. The van der Waals surface area contributed by atoms with E-state index in [9.17, 15) is 27.3 Å². The first-order valence-corrected chi connectivity index (χ1v) is 7.23. The molecule has 1 unspecified atom stereocenters. The first-order valence-electron chi connectivity index (χ1n) is 5.15. The monoisotopic (exact) mass is 313 g/mol. The van der Waals surface area contributed by atoms with Crippen LogP contribution in [0.1, 0.15) is 13.3 Å². The van der Waals surface area contributed by atoms with Crippen LogP contribution in [0.5, 0.6) is 0 Å². The SMILES string of the molecule is CC(CCCl)S(=O)(=O)c1c([N+](=O)[O-])ccc(F)c1F. The molecule has 5 nitrogen and oxygen atoms in total. The molecular formula is C10H10ClF2NO4S. The zero-order valence-electron chi connectivity index (χ0n) is 9.77. The fourth-order valence-corrected chi connectivity index (χ4v) is 3.51. The standard InChI is InChI=1S/C10H10ClF2NO4S/c1-6(4-5-11)19(17,18)10-8(14(15)16)3-2-7(12)9(10)13/h2-3,6H,4-5H2,1H3. The Hall–Kier alpha value is -1.28.